The molecule has 1 amide bonds. The van der Waals surface area contributed by atoms with E-state index in [2.05, 4.69) is 36.4 Å². The number of rotatable bonds is 3. The second-order valence-corrected chi connectivity index (χ2v) is 4.27. The molecule has 88 valence electrons. The van der Waals surface area contributed by atoms with Crippen LogP contribution in [0.5, 0.6) is 0 Å². The summed E-state index contributed by atoms with van der Waals surface area (Å²) >= 11 is 3.34. The number of hydrogen-bond donors (Lipinski definition) is 3. The third-order valence-electron chi connectivity index (χ3n) is 2.08. The van der Waals surface area contributed by atoms with Gasteiger partial charge < -0.3 is 11.1 Å². The summed E-state index contributed by atoms with van der Waals surface area (Å²) in [5, 5.41) is 8.73. The van der Waals surface area contributed by atoms with Crippen LogP contribution >= 0.6 is 15.9 Å². The number of anilines is 1. The van der Waals surface area contributed by atoms with Gasteiger partial charge in [0.1, 0.15) is 0 Å². The van der Waals surface area contributed by atoms with Crippen molar-refractivity contribution in [3.8, 4) is 0 Å². The summed E-state index contributed by atoms with van der Waals surface area (Å²) < 4.78 is 0.996. The number of H-pyrrole nitrogens is 1. The number of aromatic amines is 1. The second-order valence-electron chi connectivity index (χ2n) is 3.35. The lowest BCUT2D eigenvalue weighted by Gasteiger charge is -2.02. The van der Waals surface area contributed by atoms with Crippen LogP contribution in [0.15, 0.2) is 28.7 Å². The Morgan fingerprint density at radius 2 is 2.12 bits per heavy atom. The van der Waals surface area contributed by atoms with Gasteiger partial charge in [-0.25, -0.2) is 0 Å². The average Bonchev–Trinajstić information content (AvgIpc) is 2.75. The third kappa shape index (κ3) is 3.04. The maximum absolute atomic E-state index is 11.6. The molecule has 4 N–H and O–H groups in total. The van der Waals surface area contributed by atoms with Gasteiger partial charge >= 0.3 is 0 Å². The van der Waals surface area contributed by atoms with E-state index >= 15 is 0 Å². The molecule has 0 radical (unpaired) electrons. The lowest BCUT2D eigenvalue weighted by Crippen LogP contribution is -2.24. The van der Waals surface area contributed by atoms with Crippen LogP contribution in [-0.2, 0) is 6.54 Å². The predicted octanol–water partition coefficient (Wildman–Crippen LogP) is 1.08. The molecule has 0 unspecified atom stereocenters. The standard InChI is InChI=1S/C10H10BrN5O/c11-7-3-1-6(2-4-7)5-13-9(17)8-14-10(12)16-15-8/h1-4H,5H2,(H,13,17)(H3,12,14,15,16). The Kier molecular flexibility index (Phi) is 3.38. The van der Waals surface area contributed by atoms with Gasteiger partial charge in [0.05, 0.1) is 0 Å². The maximum Gasteiger partial charge on any atom is 0.288 e. The van der Waals surface area contributed by atoms with Crippen molar-refractivity contribution in [2.75, 3.05) is 5.73 Å². The number of nitrogens with zero attached hydrogens (tertiary/aromatic N) is 2. The quantitative estimate of drug-likeness (QED) is 0.789. The van der Waals surface area contributed by atoms with Gasteiger partial charge in [0.2, 0.25) is 11.8 Å². The number of aromatic nitrogens is 3. The number of nitrogens with one attached hydrogen (secondary N) is 2. The molecular weight excluding hydrogens is 286 g/mol. The second kappa shape index (κ2) is 4.96. The molecule has 6 nitrogen and oxygen atoms in total. The van der Waals surface area contributed by atoms with Crippen LogP contribution in [0.1, 0.15) is 16.2 Å². The Bertz CT molecular complexity index is 522. The zero-order valence-electron chi connectivity index (χ0n) is 8.77. The summed E-state index contributed by atoms with van der Waals surface area (Å²) in [5.74, 6) is -0.171. The van der Waals surface area contributed by atoms with E-state index < -0.39 is 0 Å². The average molecular weight is 296 g/mol. The van der Waals surface area contributed by atoms with E-state index in [4.69, 9.17) is 5.73 Å². The van der Waals surface area contributed by atoms with Gasteiger partial charge in [-0.2, -0.15) is 4.98 Å². The zero-order chi connectivity index (χ0) is 12.3. The SMILES string of the molecule is Nc1n[nH]c(C(=O)NCc2ccc(Br)cc2)n1. The van der Waals surface area contributed by atoms with E-state index in [1.165, 1.54) is 0 Å². The van der Waals surface area contributed by atoms with Gasteiger partial charge in [0.25, 0.3) is 5.91 Å². The van der Waals surface area contributed by atoms with Crippen molar-refractivity contribution in [1.29, 1.82) is 0 Å². The number of nitrogen functional groups attached to an aromatic ring is 1. The summed E-state index contributed by atoms with van der Waals surface area (Å²) in [4.78, 5) is 15.3. The van der Waals surface area contributed by atoms with Crippen LogP contribution in [-0.4, -0.2) is 21.1 Å². The molecule has 0 spiro atoms. The monoisotopic (exact) mass is 295 g/mol. The van der Waals surface area contributed by atoms with Crippen molar-refractivity contribution in [3.63, 3.8) is 0 Å². The highest BCUT2D eigenvalue weighted by atomic mass is 79.9. The first kappa shape index (κ1) is 11.6. The molecule has 0 aliphatic heterocycles. The molecule has 1 aromatic heterocycles. The minimum absolute atomic E-state index is 0.0544. The fraction of sp³-hybridized carbons (Fsp3) is 0.100. The van der Waals surface area contributed by atoms with E-state index in [1.807, 2.05) is 24.3 Å². The molecule has 1 heterocycles. The molecule has 0 atom stereocenters. The zero-order valence-corrected chi connectivity index (χ0v) is 10.4. The largest absolute Gasteiger partial charge is 0.366 e. The van der Waals surface area contributed by atoms with E-state index in [0.717, 1.165) is 10.0 Å². The van der Waals surface area contributed by atoms with Crippen molar-refractivity contribution in [3.05, 3.63) is 40.1 Å². The minimum Gasteiger partial charge on any atom is -0.366 e. The molecule has 0 aliphatic rings. The number of amides is 1. The molecule has 0 bridgehead atoms. The smallest absolute Gasteiger partial charge is 0.288 e. The number of carbonyl (C=O) groups excluding carboxylic acids is 1. The van der Waals surface area contributed by atoms with Gasteiger partial charge in [0.15, 0.2) is 0 Å². The van der Waals surface area contributed by atoms with E-state index in [-0.39, 0.29) is 17.7 Å². The first-order valence-electron chi connectivity index (χ1n) is 4.85. The molecule has 2 aromatic rings. The van der Waals surface area contributed by atoms with Crippen LogP contribution < -0.4 is 11.1 Å². The fourth-order valence-electron chi connectivity index (χ4n) is 1.24. The van der Waals surface area contributed by atoms with Crippen molar-refractivity contribution in [2.45, 2.75) is 6.54 Å². The molecule has 0 aliphatic carbocycles. The molecule has 0 fully saturated rings. The van der Waals surface area contributed by atoms with Crippen LogP contribution in [0.2, 0.25) is 0 Å². The molecule has 0 saturated heterocycles. The van der Waals surface area contributed by atoms with Gasteiger partial charge in [-0.05, 0) is 17.7 Å². The van der Waals surface area contributed by atoms with Crippen molar-refractivity contribution >= 4 is 27.8 Å². The Labute approximate surface area is 106 Å². The maximum atomic E-state index is 11.6. The summed E-state index contributed by atoms with van der Waals surface area (Å²) in [6, 6.07) is 7.65. The van der Waals surface area contributed by atoms with Crippen LogP contribution in [0.3, 0.4) is 0 Å². The van der Waals surface area contributed by atoms with Gasteiger partial charge in [-0.15, -0.1) is 5.10 Å². The van der Waals surface area contributed by atoms with Crippen LogP contribution in [0, 0.1) is 0 Å². The lowest BCUT2D eigenvalue weighted by atomic mass is 10.2. The van der Waals surface area contributed by atoms with Crippen LogP contribution in [0.4, 0.5) is 5.95 Å². The third-order valence-corrected chi connectivity index (χ3v) is 2.61. The Balaban J connectivity index is 1.94. The van der Waals surface area contributed by atoms with Crippen molar-refractivity contribution < 1.29 is 4.79 Å². The first-order chi connectivity index (χ1) is 8.15. The summed E-state index contributed by atoms with van der Waals surface area (Å²) in [6.45, 7) is 0.423. The number of benzene rings is 1. The lowest BCUT2D eigenvalue weighted by molar-refractivity contribution is 0.0941. The normalized spacial score (nSPS) is 10.2. The number of nitrogens with two attached hydrogens (primary N) is 1. The number of hydrogen-bond acceptors (Lipinski definition) is 4. The number of carbonyl (C=O) groups is 1. The van der Waals surface area contributed by atoms with Gasteiger partial charge in [-0.1, -0.05) is 28.1 Å². The van der Waals surface area contributed by atoms with Gasteiger partial charge in [-0.3, -0.25) is 9.89 Å². The van der Waals surface area contributed by atoms with Crippen LogP contribution in [0.25, 0.3) is 0 Å². The van der Waals surface area contributed by atoms with Gasteiger partial charge in [0, 0.05) is 11.0 Å². The van der Waals surface area contributed by atoms with E-state index in [9.17, 15) is 4.79 Å². The number of halogens is 1. The molecule has 17 heavy (non-hydrogen) atoms. The van der Waals surface area contributed by atoms with E-state index in [1.54, 1.807) is 0 Å². The van der Waals surface area contributed by atoms with Crippen molar-refractivity contribution in [1.82, 2.24) is 20.5 Å². The highest BCUT2D eigenvalue weighted by molar-refractivity contribution is 9.10. The molecule has 7 heteroatoms. The van der Waals surface area contributed by atoms with E-state index in [0.29, 0.717) is 6.54 Å². The Morgan fingerprint density at radius 3 is 2.71 bits per heavy atom. The topological polar surface area (TPSA) is 96.7 Å². The fourth-order valence-corrected chi connectivity index (χ4v) is 1.51. The summed E-state index contributed by atoms with van der Waals surface area (Å²) in [7, 11) is 0. The molecule has 2 rings (SSSR count). The molecule has 1 aromatic carbocycles. The predicted molar refractivity (Wildman–Crippen MR) is 66.1 cm³/mol. The summed E-state index contributed by atoms with van der Waals surface area (Å²) in [5.41, 5.74) is 6.30. The highest BCUT2D eigenvalue weighted by Crippen LogP contribution is 2.10. The molecular formula is C10H10BrN5O. The van der Waals surface area contributed by atoms with Crippen molar-refractivity contribution in [2.24, 2.45) is 0 Å². The summed E-state index contributed by atoms with van der Waals surface area (Å²) in [6.07, 6.45) is 0. The first-order valence-corrected chi connectivity index (χ1v) is 5.65. The minimum atomic E-state index is -0.336. The highest BCUT2D eigenvalue weighted by Gasteiger charge is 2.09. The molecule has 0 saturated carbocycles. The Hall–Kier alpha value is -1.89. The Morgan fingerprint density at radius 1 is 1.41 bits per heavy atom.